The highest BCUT2D eigenvalue weighted by molar-refractivity contribution is 5.70. The van der Waals surface area contributed by atoms with Gasteiger partial charge in [-0.1, -0.05) is 142 Å². The van der Waals surface area contributed by atoms with Crippen LogP contribution in [0.3, 0.4) is 0 Å². The number of esters is 2. The number of ether oxygens (including phenoxy) is 3. The Kier molecular flexibility index (Phi) is 33.0. The van der Waals surface area contributed by atoms with Crippen LogP contribution in [0.4, 0.5) is 0 Å². The van der Waals surface area contributed by atoms with Crippen LogP contribution in [0.1, 0.15) is 188 Å². The lowest BCUT2D eigenvalue weighted by molar-refractivity contribution is -0.163. The summed E-state index contributed by atoms with van der Waals surface area (Å²) in [6.45, 7) is 7.73. The average molecular weight is 595 g/mol. The van der Waals surface area contributed by atoms with E-state index < -0.39 is 6.10 Å². The Balaban J connectivity index is 4.13. The van der Waals surface area contributed by atoms with Crippen LogP contribution in [0.15, 0.2) is 12.2 Å². The second-order valence-electron chi connectivity index (χ2n) is 12.1. The van der Waals surface area contributed by atoms with Crippen molar-refractivity contribution in [1.82, 2.24) is 0 Å². The van der Waals surface area contributed by atoms with Gasteiger partial charge in [-0.25, -0.2) is 0 Å². The normalized spacial score (nSPS) is 12.2. The van der Waals surface area contributed by atoms with Crippen LogP contribution in [-0.2, 0) is 23.8 Å². The Hall–Kier alpha value is -1.36. The minimum Gasteiger partial charge on any atom is -0.462 e. The lowest BCUT2D eigenvalue weighted by atomic mass is 10.1. The molecule has 5 nitrogen and oxygen atoms in total. The van der Waals surface area contributed by atoms with Crippen LogP contribution >= 0.6 is 0 Å². The number of carbonyl (C=O) groups excluding carboxylic acids is 2. The Labute approximate surface area is 261 Å². The van der Waals surface area contributed by atoms with Crippen LogP contribution in [0, 0.1) is 0 Å². The fourth-order valence-electron chi connectivity index (χ4n) is 5.03. The fraction of sp³-hybridized carbons (Fsp3) is 0.892. The van der Waals surface area contributed by atoms with Crippen molar-refractivity contribution < 1.29 is 23.8 Å². The maximum absolute atomic E-state index is 12.5. The predicted octanol–water partition coefficient (Wildman–Crippen LogP) is 11.2. The van der Waals surface area contributed by atoms with Crippen molar-refractivity contribution in [2.75, 3.05) is 19.8 Å². The van der Waals surface area contributed by atoms with Gasteiger partial charge in [-0.3, -0.25) is 9.59 Å². The molecule has 42 heavy (non-hydrogen) atoms. The van der Waals surface area contributed by atoms with Gasteiger partial charge in [-0.2, -0.15) is 0 Å². The average Bonchev–Trinajstić information content (AvgIpc) is 2.99. The third-order valence-electron chi connectivity index (χ3n) is 7.80. The van der Waals surface area contributed by atoms with E-state index in [0.29, 0.717) is 19.4 Å². The van der Waals surface area contributed by atoms with E-state index in [1.807, 2.05) is 0 Å². The third kappa shape index (κ3) is 31.6. The van der Waals surface area contributed by atoms with Gasteiger partial charge >= 0.3 is 11.9 Å². The molecule has 0 radical (unpaired) electrons. The summed E-state index contributed by atoms with van der Waals surface area (Å²) in [7, 11) is 0. The Morgan fingerprint density at radius 2 is 0.929 bits per heavy atom. The molecule has 0 heterocycles. The molecule has 0 aromatic carbocycles. The van der Waals surface area contributed by atoms with Crippen LogP contribution in [0.5, 0.6) is 0 Å². The van der Waals surface area contributed by atoms with Gasteiger partial charge in [0.15, 0.2) is 6.10 Å². The quantitative estimate of drug-likeness (QED) is 0.0429. The summed E-state index contributed by atoms with van der Waals surface area (Å²) in [5, 5.41) is 0. The largest absolute Gasteiger partial charge is 0.462 e. The molecule has 0 saturated heterocycles. The molecule has 5 heteroatoms. The summed E-state index contributed by atoms with van der Waals surface area (Å²) in [4.78, 5) is 24.8. The van der Waals surface area contributed by atoms with E-state index in [-0.39, 0.29) is 25.2 Å². The molecule has 0 bridgehead atoms. The zero-order valence-corrected chi connectivity index (χ0v) is 28.3. The van der Waals surface area contributed by atoms with Gasteiger partial charge in [-0.05, 0) is 44.9 Å². The SMILES string of the molecule is CCCCCC/C=C\CCCCCCCC(=O)OCC(COCCCCCCCC)OC(=O)CCCCCCCCC. The van der Waals surface area contributed by atoms with Crippen molar-refractivity contribution in [1.29, 1.82) is 0 Å². The molecule has 0 saturated carbocycles. The van der Waals surface area contributed by atoms with Gasteiger partial charge in [0, 0.05) is 19.4 Å². The van der Waals surface area contributed by atoms with Gasteiger partial charge in [0.05, 0.1) is 6.61 Å². The van der Waals surface area contributed by atoms with Crippen molar-refractivity contribution >= 4 is 11.9 Å². The number of hydrogen-bond acceptors (Lipinski definition) is 5. The van der Waals surface area contributed by atoms with Crippen molar-refractivity contribution in [3.8, 4) is 0 Å². The summed E-state index contributed by atoms with van der Waals surface area (Å²) < 4.78 is 17.0. The van der Waals surface area contributed by atoms with Gasteiger partial charge in [0.2, 0.25) is 0 Å². The minimum absolute atomic E-state index is 0.0862. The van der Waals surface area contributed by atoms with Crippen molar-refractivity contribution in [3.05, 3.63) is 12.2 Å². The fourth-order valence-corrected chi connectivity index (χ4v) is 5.03. The summed E-state index contributed by atoms with van der Waals surface area (Å²) in [5.74, 6) is -0.413. The van der Waals surface area contributed by atoms with E-state index >= 15 is 0 Å². The zero-order valence-electron chi connectivity index (χ0n) is 28.3. The molecule has 0 aromatic rings. The Bertz CT molecular complexity index is 603. The second-order valence-corrected chi connectivity index (χ2v) is 12.1. The van der Waals surface area contributed by atoms with Crippen LogP contribution in [0.2, 0.25) is 0 Å². The Morgan fingerprint density at radius 1 is 0.500 bits per heavy atom. The smallest absolute Gasteiger partial charge is 0.306 e. The summed E-state index contributed by atoms with van der Waals surface area (Å²) in [6.07, 6.45) is 33.5. The van der Waals surface area contributed by atoms with Gasteiger partial charge in [-0.15, -0.1) is 0 Å². The Morgan fingerprint density at radius 3 is 1.48 bits per heavy atom. The van der Waals surface area contributed by atoms with Crippen molar-refractivity contribution in [2.24, 2.45) is 0 Å². The summed E-state index contributed by atoms with van der Waals surface area (Å²) >= 11 is 0. The highest BCUT2D eigenvalue weighted by Gasteiger charge is 2.17. The van der Waals surface area contributed by atoms with Gasteiger partial charge in [0.25, 0.3) is 0 Å². The van der Waals surface area contributed by atoms with Crippen LogP contribution in [-0.4, -0.2) is 37.9 Å². The second kappa shape index (κ2) is 34.1. The predicted molar refractivity (Wildman–Crippen MR) is 178 cm³/mol. The van der Waals surface area contributed by atoms with Crippen molar-refractivity contribution in [3.63, 3.8) is 0 Å². The number of allylic oxidation sites excluding steroid dienone is 2. The first-order valence-corrected chi connectivity index (χ1v) is 18.2. The zero-order chi connectivity index (χ0) is 30.8. The molecule has 1 atom stereocenters. The first kappa shape index (κ1) is 40.6. The molecule has 0 N–H and O–H groups in total. The van der Waals surface area contributed by atoms with Gasteiger partial charge < -0.3 is 14.2 Å². The molecule has 0 amide bonds. The third-order valence-corrected chi connectivity index (χ3v) is 7.80. The highest BCUT2D eigenvalue weighted by Crippen LogP contribution is 2.12. The van der Waals surface area contributed by atoms with Crippen molar-refractivity contribution in [2.45, 2.75) is 194 Å². The van der Waals surface area contributed by atoms with E-state index in [2.05, 4.69) is 32.9 Å². The molecule has 0 aromatic heterocycles. The molecule has 0 aliphatic rings. The molecule has 0 fully saturated rings. The number of rotatable bonds is 33. The molecule has 0 aliphatic carbocycles. The molecule has 0 spiro atoms. The molecule has 0 aliphatic heterocycles. The van der Waals surface area contributed by atoms with E-state index in [9.17, 15) is 9.59 Å². The van der Waals surface area contributed by atoms with E-state index in [1.165, 1.54) is 103 Å². The highest BCUT2D eigenvalue weighted by atomic mass is 16.6. The van der Waals surface area contributed by atoms with E-state index in [4.69, 9.17) is 14.2 Å². The molecular weight excluding hydrogens is 524 g/mol. The maximum Gasteiger partial charge on any atom is 0.306 e. The maximum atomic E-state index is 12.5. The molecule has 0 rings (SSSR count). The number of unbranched alkanes of at least 4 members (excludes halogenated alkanes) is 20. The minimum atomic E-state index is -0.522. The van der Waals surface area contributed by atoms with E-state index in [1.54, 1.807) is 0 Å². The molecule has 1 unspecified atom stereocenters. The monoisotopic (exact) mass is 595 g/mol. The number of carbonyl (C=O) groups is 2. The lowest BCUT2D eigenvalue weighted by Gasteiger charge is -2.18. The summed E-state index contributed by atoms with van der Waals surface area (Å²) in [5.41, 5.74) is 0. The first-order valence-electron chi connectivity index (χ1n) is 18.2. The lowest BCUT2D eigenvalue weighted by Crippen LogP contribution is -2.30. The van der Waals surface area contributed by atoms with Crippen LogP contribution < -0.4 is 0 Å². The van der Waals surface area contributed by atoms with Gasteiger partial charge in [0.1, 0.15) is 6.61 Å². The van der Waals surface area contributed by atoms with Crippen LogP contribution in [0.25, 0.3) is 0 Å². The summed E-state index contributed by atoms with van der Waals surface area (Å²) in [6, 6.07) is 0. The number of hydrogen-bond donors (Lipinski definition) is 0. The topological polar surface area (TPSA) is 61.8 Å². The standard InChI is InChI=1S/C37H70O5/c1-4-7-10-13-16-17-18-19-20-21-23-24-27-30-36(38)41-34-35(33-40-32-29-26-15-12-9-6-3)42-37(39)31-28-25-22-14-11-8-5-2/h17-18,35H,4-16,19-34H2,1-3H3/b18-17-. The molecular formula is C37H70O5. The first-order chi connectivity index (χ1) is 20.6. The molecule has 248 valence electrons. The van der Waals surface area contributed by atoms with E-state index in [0.717, 1.165) is 51.4 Å².